The van der Waals surface area contributed by atoms with E-state index in [2.05, 4.69) is 6.92 Å². The highest BCUT2D eigenvalue weighted by Gasteiger charge is 2.14. The molecule has 0 aliphatic rings. The van der Waals surface area contributed by atoms with Crippen LogP contribution < -0.4 is 11.3 Å². The SMILES string of the molecule is CCC(CSC)n1c(N)cc2ccccc2c1=O. The summed E-state index contributed by atoms with van der Waals surface area (Å²) in [7, 11) is 0. The first-order valence-corrected chi connectivity index (χ1v) is 7.47. The lowest BCUT2D eigenvalue weighted by Gasteiger charge is -2.20. The van der Waals surface area contributed by atoms with E-state index in [-0.39, 0.29) is 11.6 Å². The Morgan fingerprint density at radius 1 is 1.39 bits per heavy atom. The number of nitrogens with two attached hydrogens (primary N) is 1. The molecule has 2 N–H and O–H groups in total. The van der Waals surface area contributed by atoms with Crippen LogP contribution in [0.3, 0.4) is 0 Å². The molecule has 0 radical (unpaired) electrons. The summed E-state index contributed by atoms with van der Waals surface area (Å²) in [6, 6.07) is 9.65. The van der Waals surface area contributed by atoms with E-state index in [0.717, 1.165) is 22.9 Å². The Morgan fingerprint density at radius 2 is 2.11 bits per heavy atom. The Bertz CT molecular complexity index is 606. The van der Waals surface area contributed by atoms with Crippen molar-refractivity contribution in [3.8, 4) is 0 Å². The van der Waals surface area contributed by atoms with Crippen LogP contribution in [0.2, 0.25) is 0 Å². The third-order valence-electron chi connectivity index (χ3n) is 3.19. The predicted molar refractivity (Wildman–Crippen MR) is 80.3 cm³/mol. The van der Waals surface area contributed by atoms with Crippen molar-refractivity contribution in [1.29, 1.82) is 0 Å². The molecule has 1 heterocycles. The molecule has 1 atom stereocenters. The minimum Gasteiger partial charge on any atom is -0.385 e. The summed E-state index contributed by atoms with van der Waals surface area (Å²) >= 11 is 1.74. The van der Waals surface area contributed by atoms with Gasteiger partial charge < -0.3 is 5.73 Å². The normalized spacial score (nSPS) is 12.8. The first-order valence-electron chi connectivity index (χ1n) is 6.07. The molecule has 0 saturated carbocycles. The average molecular weight is 262 g/mol. The van der Waals surface area contributed by atoms with Crippen LogP contribution in [0.25, 0.3) is 10.8 Å². The number of rotatable bonds is 4. The molecule has 0 amide bonds. The maximum atomic E-state index is 12.5. The molecule has 1 unspecified atom stereocenters. The van der Waals surface area contributed by atoms with Crippen molar-refractivity contribution >= 4 is 28.4 Å². The molecule has 96 valence electrons. The second-order valence-corrected chi connectivity index (χ2v) is 5.26. The molecule has 4 heteroatoms. The van der Waals surface area contributed by atoms with Gasteiger partial charge in [0, 0.05) is 17.2 Å². The van der Waals surface area contributed by atoms with Gasteiger partial charge >= 0.3 is 0 Å². The maximum absolute atomic E-state index is 12.5. The minimum atomic E-state index is 0.0199. The van der Waals surface area contributed by atoms with Crippen molar-refractivity contribution in [2.75, 3.05) is 17.7 Å². The van der Waals surface area contributed by atoms with Crippen LogP contribution in [-0.2, 0) is 0 Å². The summed E-state index contributed by atoms with van der Waals surface area (Å²) in [4.78, 5) is 12.5. The third kappa shape index (κ3) is 2.25. The second-order valence-electron chi connectivity index (χ2n) is 4.35. The minimum absolute atomic E-state index is 0.0199. The van der Waals surface area contributed by atoms with E-state index in [1.54, 1.807) is 16.3 Å². The molecule has 0 fully saturated rings. The second kappa shape index (κ2) is 5.48. The monoisotopic (exact) mass is 262 g/mol. The fourth-order valence-electron chi connectivity index (χ4n) is 2.24. The van der Waals surface area contributed by atoms with Crippen molar-refractivity contribution in [2.45, 2.75) is 19.4 Å². The van der Waals surface area contributed by atoms with Crippen LogP contribution in [-0.4, -0.2) is 16.6 Å². The van der Waals surface area contributed by atoms with E-state index < -0.39 is 0 Å². The van der Waals surface area contributed by atoms with Gasteiger partial charge in [-0.2, -0.15) is 11.8 Å². The summed E-state index contributed by atoms with van der Waals surface area (Å²) in [5, 5.41) is 1.65. The van der Waals surface area contributed by atoms with Gasteiger partial charge in [0.2, 0.25) is 0 Å². The summed E-state index contributed by atoms with van der Waals surface area (Å²) < 4.78 is 1.73. The van der Waals surface area contributed by atoms with Gasteiger partial charge in [-0.05, 0) is 30.2 Å². The molecule has 0 aliphatic carbocycles. The number of aromatic nitrogens is 1. The van der Waals surface area contributed by atoms with Gasteiger partial charge in [0.15, 0.2) is 0 Å². The molecule has 2 rings (SSSR count). The number of nitrogen functional groups attached to an aromatic ring is 1. The summed E-state index contributed by atoms with van der Waals surface area (Å²) in [5.74, 6) is 1.46. The van der Waals surface area contributed by atoms with Crippen LogP contribution in [0.1, 0.15) is 19.4 Å². The fraction of sp³-hybridized carbons (Fsp3) is 0.357. The Morgan fingerprint density at radius 3 is 2.78 bits per heavy atom. The number of hydrogen-bond donors (Lipinski definition) is 1. The van der Waals surface area contributed by atoms with E-state index in [1.807, 2.05) is 36.6 Å². The number of fused-ring (bicyclic) bond motifs is 1. The van der Waals surface area contributed by atoms with Gasteiger partial charge in [0.25, 0.3) is 5.56 Å². The number of thioether (sulfide) groups is 1. The number of anilines is 1. The van der Waals surface area contributed by atoms with E-state index in [9.17, 15) is 4.79 Å². The number of pyridine rings is 1. The molecule has 2 aromatic rings. The lowest BCUT2D eigenvalue weighted by atomic mass is 10.1. The highest BCUT2D eigenvalue weighted by atomic mass is 32.2. The molecule has 1 aromatic heterocycles. The number of benzene rings is 1. The van der Waals surface area contributed by atoms with Crippen molar-refractivity contribution in [2.24, 2.45) is 0 Å². The van der Waals surface area contributed by atoms with E-state index in [4.69, 9.17) is 5.73 Å². The van der Waals surface area contributed by atoms with Gasteiger partial charge in [-0.15, -0.1) is 0 Å². The van der Waals surface area contributed by atoms with Gasteiger partial charge in [-0.25, -0.2) is 0 Å². The Balaban J connectivity index is 2.67. The predicted octanol–water partition coefficient (Wildman–Crippen LogP) is 2.90. The fourth-order valence-corrected chi connectivity index (χ4v) is 3.01. The molecule has 0 bridgehead atoms. The number of hydrogen-bond acceptors (Lipinski definition) is 3. The Labute approximate surface area is 111 Å². The first-order chi connectivity index (χ1) is 8.69. The van der Waals surface area contributed by atoms with Crippen molar-refractivity contribution in [1.82, 2.24) is 4.57 Å². The Kier molecular flexibility index (Phi) is 3.97. The zero-order valence-corrected chi connectivity index (χ0v) is 11.5. The Hall–Kier alpha value is -1.42. The van der Waals surface area contributed by atoms with E-state index in [1.165, 1.54) is 0 Å². The van der Waals surface area contributed by atoms with Crippen LogP contribution in [0, 0.1) is 0 Å². The van der Waals surface area contributed by atoms with Crippen LogP contribution in [0.4, 0.5) is 5.82 Å². The quantitative estimate of drug-likeness (QED) is 0.921. The number of nitrogens with zero attached hydrogens (tertiary/aromatic N) is 1. The standard InChI is InChI=1S/C14H18N2OS/c1-3-11(9-18-2)16-13(15)8-10-6-4-5-7-12(10)14(16)17/h4-8,11H,3,9,15H2,1-2H3. The topological polar surface area (TPSA) is 48.0 Å². The lowest BCUT2D eigenvalue weighted by Crippen LogP contribution is -2.28. The molecule has 0 aliphatic heterocycles. The molecular weight excluding hydrogens is 244 g/mol. The van der Waals surface area contributed by atoms with Gasteiger partial charge in [0.1, 0.15) is 5.82 Å². The first kappa shape index (κ1) is 13.0. The maximum Gasteiger partial charge on any atom is 0.260 e. The van der Waals surface area contributed by atoms with Crippen molar-refractivity contribution in [3.05, 3.63) is 40.7 Å². The third-order valence-corrected chi connectivity index (χ3v) is 3.91. The highest BCUT2D eigenvalue weighted by Crippen LogP contribution is 2.21. The molecule has 0 spiro atoms. The highest BCUT2D eigenvalue weighted by molar-refractivity contribution is 7.98. The summed E-state index contributed by atoms with van der Waals surface area (Å²) in [6.07, 6.45) is 2.95. The van der Waals surface area contributed by atoms with Gasteiger partial charge in [0.05, 0.1) is 0 Å². The summed E-state index contributed by atoms with van der Waals surface area (Å²) in [6.45, 7) is 2.09. The van der Waals surface area contributed by atoms with Crippen LogP contribution in [0.5, 0.6) is 0 Å². The molecule has 0 saturated heterocycles. The largest absolute Gasteiger partial charge is 0.385 e. The zero-order chi connectivity index (χ0) is 13.1. The van der Waals surface area contributed by atoms with Crippen molar-refractivity contribution < 1.29 is 0 Å². The molecule has 18 heavy (non-hydrogen) atoms. The zero-order valence-electron chi connectivity index (χ0n) is 10.7. The molecule has 3 nitrogen and oxygen atoms in total. The van der Waals surface area contributed by atoms with Gasteiger partial charge in [-0.3, -0.25) is 9.36 Å². The lowest BCUT2D eigenvalue weighted by molar-refractivity contribution is 0.533. The van der Waals surface area contributed by atoms with Crippen LogP contribution in [0.15, 0.2) is 35.1 Å². The summed E-state index contributed by atoms with van der Waals surface area (Å²) in [5.41, 5.74) is 6.07. The molecule has 1 aromatic carbocycles. The van der Waals surface area contributed by atoms with Crippen molar-refractivity contribution in [3.63, 3.8) is 0 Å². The molecular formula is C14H18N2OS. The van der Waals surface area contributed by atoms with Gasteiger partial charge in [-0.1, -0.05) is 25.1 Å². The van der Waals surface area contributed by atoms with E-state index in [0.29, 0.717) is 5.82 Å². The van der Waals surface area contributed by atoms with Crippen LogP contribution >= 0.6 is 11.8 Å². The van der Waals surface area contributed by atoms with E-state index >= 15 is 0 Å². The smallest absolute Gasteiger partial charge is 0.260 e. The average Bonchev–Trinajstić information content (AvgIpc) is 2.37.